The number of rotatable bonds is 4. The Morgan fingerprint density at radius 3 is 2.69 bits per heavy atom. The Morgan fingerprint density at radius 1 is 1.31 bits per heavy atom. The van der Waals surface area contributed by atoms with Crippen LogP contribution in [0.3, 0.4) is 0 Å². The van der Waals surface area contributed by atoms with E-state index in [0.717, 1.165) is 18.4 Å². The highest BCUT2D eigenvalue weighted by Gasteiger charge is 2.21. The molecule has 2 heteroatoms. The van der Waals surface area contributed by atoms with E-state index in [1.165, 1.54) is 32.5 Å². The molecule has 0 amide bonds. The van der Waals surface area contributed by atoms with E-state index >= 15 is 0 Å². The van der Waals surface area contributed by atoms with Crippen molar-refractivity contribution in [2.75, 3.05) is 33.4 Å². The highest BCUT2D eigenvalue weighted by molar-refractivity contribution is 4.74. The van der Waals surface area contributed by atoms with Gasteiger partial charge in [-0.05, 0) is 31.2 Å². The molecule has 0 aliphatic carbocycles. The lowest BCUT2D eigenvalue weighted by Crippen LogP contribution is -2.39. The SMILES string of the molecule is COCCCN1CCC(C)C(C)C1. The zero-order valence-corrected chi connectivity index (χ0v) is 9.25. The van der Waals surface area contributed by atoms with Gasteiger partial charge >= 0.3 is 0 Å². The Morgan fingerprint density at radius 2 is 2.08 bits per heavy atom. The van der Waals surface area contributed by atoms with Crippen LogP contribution in [0.25, 0.3) is 0 Å². The maximum Gasteiger partial charge on any atom is 0.0474 e. The fourth-order valence-electron chi connectivity index (χ4n) is 1.98. The van der Waals surface area contributed by atoms with Gasteiger partial charge in [-0.1, -0.05) is 13.8 Å². The molecule has 0 aromatic carbocycles. The van der Waals surface area contributed by atoms with Crippen molar-refractivity contribution in [3.05, 3.63) is 0 Å². The molecule has 0 saturated carbocycles. The summed E-state index contributed by atoms with van der Waals surface area (Å²) < 4.78 is 5.05. The van der Waals surface area contributed by atoms with E-state index in [-0.39, 0.29) is 0 Å². The van der Waals surface area contributed by atoms with Crippen LogP contribution >= 0.6 is 0 Å². The van der Waals surface area contributed by atoms with E-state index in [4.69, 9.17) is 4.74 Å². The smallest absolute Gasteiger partial charge is 0.0474 e. The maximum absolute atomic E-state index is 5.05. The fraction of sp³-hybridized carbons (Fsp3) is 1.00. The minimum atomic E-state index is 0.872. The van der Waals surface area contributed by atoms with Gasteiger partial charge in [-0.2, -0.15) is 0 Å². The van der Waals surface area contributed by atoms with Crippen LogP contribution in [0.2, 0.25) is 0 Å². The van der Waals surface area contributed by atoms with Crippen molar-refractivity contribution in [3.63, 3.8) is 0 Å². The number of methoxy groups -OCH3 is 1. The van der Waals surface area contributed by atoms with Gasteiger partial charge in [0, 0.05) is 26.8 Å². The minimum absolute atomic E-state index is 0.872. The molecular weight excluding hydrogens is 162 g/mol. The number of ether oxygens (including phenoxy) is 1. The summed E-state index contributed by atoms with van der Waals surface area (Å²) in [5.74, 6) is 1.79. The van der Waals surface area contributed by atoms with Crippen LogP contribution in [0.1, 0.15) is 26.7 Å². The normalized spacial score (nSPS) is 30.7. The van der Waals surface area contributed by atoms with Gasteiger partial charge in [-0.15, -0.1) is 0 Å². The first-order valence-electron chi connectivity index (χ1n) is 5.45. The second kappa shape index (κ2) is 5.61. The Hall–Kier alpha value is -0.0800. The minimum Gasteiger partial charge on any atom is -0.385 e. The average Bonchev–Trinajstić information content (AvgIpc) is 2.12. The molecule has 78 valence electrons. The lowest BCUT2D eigenvalue weighted by molar-refractivity contribution is 0.119. The summed E-state index contributed by atoms with van der Waals surface area (Å²) in [7, 11) is 1.78. The fourth-order valence-corrected chi connectivity index (χ4v) is 1.98. The van der Waals surface area contributed by atoms with Crippen LogP contribution in [-0.4, -0.2) is 38.3 Å². The molecule has 1 fully saturated rings. The molecule has 0 spiro atoms. The van der Waals surface area contributed by atoms with Crippen molar-refractivity contribution in [2.45, 2.75) is 26.7 Å². The van der Waals surface area contributed by atoms with Crippen LogP contribution in [0.4, 0.5) is 0 Å². The molecule has 2 unspecified atom stereocenters. The maximum atomic E-state index is 5.05. The summed E-state index contributed by atoms with van der Waals surface area (Å²) >= 11 is 0. The second-order valence-electron chi connectivity index (χ2n) is 4.39. The lowest BCUT2D eigenvalue weighted by atomic mass is 9.89. The van der Waals surface area contributed by atoms with Gasteiger partial charge in [0.15, 0.2) is 0 Å². The molecule has 1 heterocycles. The highest BCUT2D eigenvalue weighted by Crippen LogP contribution is 2.22. The molecule has 1 rings (SSSR count). The zero-order valence-electron chi connectivity index (χ0n) is 9.25. The third kappa shape index (κ3) is 3.65. The first kappa shape index (κ1) is 11.0. The predicted octanol–water partition coefficient (Wildman–Crippen LogP) is 2.00. The Bertz CT molecular complexity index is 138. The lowest BCUT2D eigenvalue weighted by Gasteiger charge is -2.35. The van der Waals surface area contributed by atoms with Crippen molar-refractivity contribution in [3.8, 4) is 0 Å². The Kier molecular flexibility index (Phi) is 4.74. The summed E-state index contributed by atoms with van der Waals surface area (Å²) in [6.07, 6.45) is 2.55. The monoisotopic (exact) mass is 185 g/mol. The summed E-state index contributed by atoms with van der Waals surface area (Å²) in [4.78, 5) is 2.57. The number of hydrogen-bond acceptors (Lipinski definition) is 2. The highest BCUT2D eigenvalue weighted by atomic mass is 16.5. The number of nitrogens with zero attached hydrogens (tertiary/aromatic N) is 1. The van der Waals surface area contributed by atoms with Crippen LogP contribution < -0.4 is 0 Å². The van der Waals surface area contributed by atoms with Crippen LogP contribution in [0.15, 0.2) is 0 Å². The molecule has 13 heavy (non-hydrogen) atoms. The summed E-state index contributed by atoms with van der Waals surface area (Å²) in [6.45, 7) is 9.43. The molecular formula is C11H23NO. The number of likely N-dealkylation sites (tertiary alicyclic amines) is 1. The first-order chi connectivity index (χ1) is 6.24. The van der Waals surface area contributed by atoms with E-state index in [1.54, 1.807) is 7.11 Å². The van der Waals surface area contributed by atoms with Gasteiger partial charge in [0.2, 0.25) is 0 Å². The zero-order chi connectivity index (χ0) is 9.68. The summed E-state index contributed by atoms with van der Waals surface area (Å²) in [6, 6.07) is 0. The Balaban J connectivity index is 2.14. The second-order valence-corrected chi connectivity index (χ2v) is 4.39. The standard InChI is InChI=1S/C11H23NO/c1-10-5-7-12(9-11(10)2)6-4-8-13-3/h10-11H,4-9H2,1-3H3. The van der Waals surface area contributed by atoms with Crippen LogP contribution in [0.5, 0.6) is 0 Å². The van der Waals surface area contributed by atoms with Gasteiger partial charge in [0.1, 0.15) is 0 Å². The van der Waals surface area contributed by atoms with Crippen molar-refractivity contribution in [1.82, 2.24) is 4.90 Å². The third-order valence-electron chi connectivity index (χ3n) is 3.24. The molecule has 2 nitrogen and oxygen atoms in total. The van der Waals surface area contributed by atoms with Gasteiger partial charge in [0.05, 0.1) is 0 Å². The quantitative estimate of drug-likeness (QED) is 0.621. The van der Waals surface area contributed by atoms with Gasteiger partial charge in [-0.25, -0.2) is 0 Å². The largest absolute Gasteiger partial charge is 0.385 e. The number of piperidine rings is 1. The predicted molar refractivity (Wildman–Crippen MR) is 55.9 cm³/mol. The molecule has 1 saturated heterocycles. The van der Waals surface area contributed by atoms with E-state index in [1.807, 2.05) is 0 Å². The van der Waals surface area contributed by atoms with Crippen molar-refractivity contribution >= 4 is 0 Å². The molecule has 0 aromatic heterocycles. The van der Waals surface area contributed by atoms with Gasteiger partial charge in [-0.3, -0.25) is 0 Å². The van der Waals surface area contributed by atoms with Crippen molar-refractivity contribution in [2.24, 2.45) is 11.8 Å². The van der Waals surface area contributed by atoms with Crippen LogP contribution in [0, 0.1) is 11.8 Å². The Labute approximate surface area is 82.3 Å². The van der Waals surface area contributed by atoms with E-state index in [2.05, 4.69) is 18.7 Å². The number of hydrogen-bond donors (Lipinski definition) is 0. The molecule has 0 N–H and O–H groups in total. The topological polar surface area (TPSA) is 12.5 Å². The van der Waals surface area contributed by atoms with E-state index in [9.17, 15) is 0 Å². The summed E-state index contributed by atoms with van der Waals surface area (Å²) in [5.41, 5.74) is 0. The molecule has 0 aromatic rings. The average molecular weight is 185 g/mol. The van der Waals surface area contributed by atoms with E-state index < -0.39 is 0 Å². The van der Waals surface area contributed by atoms with Crippen LogP contribution in [-0.2, 0) is 4.74 Å². The molecule has 2 atom stereocenters. The van der Waals surface area contributed by atoms with E-state index in [0.29, 0.717) is 0 Å². The summed E-state index contributed by atoms with van der Waals surface area (Å²) in [5, 5.41) is 0. The van der Waals surface area contributed by atoms with Gasteiger partial charge in [0.25, 0.3) is 0 Å². The molecule has 0 bridgehead atoms. The molecule has 1 aliphatic heterocycles. The van der Waals surface area contributed by atoms with Crippen molar-refractivity contribution < 1.29 is 4.74 Å². The van der Waals surface area contributed by atoms with Gasteiger partial charge < -0.3 is 9.64 Å². The molecule has 1 aliphatic rings. The molecule has 0 radical (unpaired) electrons. The van der Waals surface area contributed by atoms with Crippen molar-refractivity contribution in [1.29, 1.82) is 0 Å². The first-order valence-corrected chi connectivity index (χ1v) is 5.45. The third-order valence-corrected chi connectivity index (χ3v) is 3.24.